The van der Waals surface area contributed by atoms with E-state index >= 15 is 0 Å². The summed E-state index contributed by atoms with van der Waals surface area (Å²) in [5.74, 6) is -0.383. The minimum Gasteiger partial charge on any atom is -0.377 e. The lowest BCUT2D eigenvalue weighted by Gasteiger charge is -2.34. The molecule has 2 bridgehead atoms. The van der Waals surface area contributed by atoms with E-state index in [4.69, 9.17) is 4.74 Å². The van der Waals surface area contributed by atoms with E-state index in [0.29, 0.717) is 24.3 Å². The monoisotopic (exact) mass is 279 g/mol. The molecular weight excluding hydrogens is 257 g/mol. The topological polar surface area (TPSA) is 29.5 Å². The molecule has 0 aromatic heterocycles. The summed E-state index contributed by atoms with van der Waals surface area (Å²) in [4.78, 5) is 14.3. The minimum atomic E-state index is -0.318. The fourth-order valence-corrected chi connectivity index (χ4v) is 2.84. The molecule has 2 aliphatic heterocycles. The number of aryl methyl sites for hydroxylation is 1. The van der Waals surface area contributed by atoms with Crippen LogP contribution in [0.5, 0.6) is 0 Å². The van der Waals surface area contributed by atoms with Crippen molar-refractivity contribution in [1.29, 1.82) is 0 Å². The third-order valence-electron chi connectivity index (χ3n) is 3.89. The van der Waals surface area contributed by atoms with Crippen molar-refractivity contribution in [1.82, 2.24) is 4.90 Å². The van der Waals surface area contributed by atoms with Gasteiger partial charge in [0.05, 0.1) is 25.3 Å². The van der Waals surface area contributed by atoms with Gasteiger partial charge in [0.1, 0.15) is 5.82 Å². The number of amides is 1. The molecule has 0 radical (unpaired) electrons. The van der Waals surface area contributed by atoms with Gasteiger partial charge in [-0.2, -0.15) is 0 Å². The lowest BCUT2D eigenvalue weighted by atomic mass is 10.1. The molecule has 0 saturated carbocycles. The fourth-order valence-electron chi connectivity index (χ4n) is 2.84. The summed E-state index contributed by atoms with van der Waals surface area (Å²) in [6.45, 7) is 6.91. The number of halogens is 1. The van der Waals surface area contributed by atoms with Crippen LogP contribution in [0.4, 0.5) is 4.39 Å². The van der Waals surface area contributed by atoms with Crippen LogP contribution in [-0.4, -0.2) is 36.1 Å². The molecule has 1 amide bonds. The molecule has 3 nitrogen and oxygen atoms in total. The normalized spacial score (nSPS) is 24.1. The van der Waals surface area contributed by atoms with Crippen LogP contribution in [0.15, 0.2) is 18.2 Å². The highest BCUT2D eigenvalue weighted by Gasteiger charge is 2.40. The number of benzene rings is 1. The van der Waals surface area contributed by atoms with Gasteiger partial charge in [0.25, 0.3) is 5.91 Å². The SMILES string of the molecule is CC.Cc1ccc(C(=O)N2C3CCC2COC3)cc1F. The number of hydrogen-bond donors (Lipinski definition) is 0. The number of fused-ring (bicyclic) bond motifs is 2. The van der Waals surface area contributed by atoms with E-state index in [1.54, 1.807) is 19.1 Å². The van der Waals surface area contributed by atoms with Gasteiger partial charge in [-0.25, -0.2) is 4.39 Å². The Bertz CT molecular complexity index is 473. The van der Waals surface area contributed by atoms with E-state index in [1.807, 2.05) is 18.7 Å². The van der Waals surface area contributed by atoms with Crippen molar-refractivity contribution in [3.63, 3.8) is 0 Å². The lowest BCUT2D eigenvalue weighted by molar-refractivity contribution is -0.00717. The van der Waals surface area contributed by atoms with Crippen molar-refractivity contribution in [2.75, 3.05) is 13.2 Å². The number of hydrogen-bond acceptors (Lipinski definition) is 2. The average molecular weight is 279 g/mol. The molecule has 1 aromatic rings. The van der Waals surface area contributed by atoms with E-state index < -0.39 is 0 Å². The molecule has 2 saturated heterocycles. The first-order valence-corrected chi connectivity index (χ1v) is 7.33. The second-order valence-corrected chi connectivity index (χ2v) is 5.10. The first kappa shape index (κ1) is 15.0. The van der Waals surface area contributed by atoms with Gasteiger partial charge in [-0.3, -0.25) is 4.79 Å². The van der Waals surface area contributed by atoms with Gasteiger partial charge in [0.15, 0.2) is 0 Å². The number of morpholine rings is 1. The molecule has 2 unspecified atom stereocenters. The second kappa shape index (κ2) is 6.35. The van der Waals surface area contributed by atoms with E-state index in [-0.39, 0.29) is 23.8 Å². The van der Waals surface area contributed by atoms with Crippen molar-refractivity contribution < 1.29 is 13.9 Å². The van der Waals surface area contributed by atoms with Gasteiger partial charge >= 0.3 is 0 Å². The third kappa shape index (κ3) is 2.70. The Morgan fingerprint density at radius 1 is 1.25 bits per heavy atom. The quantitative estimate of drug-likeness (QED) is 0.790. The summed E-state index contributed by atoms with van der Waals surface area (Å²) in [6.07, 6.45) is 1.98. The maximum atomic E-state index is 13.5. The fraction of sp³-hybridized carbons (Fsp3) is 0.562. The highest BCUT2D eigenvalue weighted by atomic mass is 19.1. The standard InChI is InChI=1S/C14H16FNO2.C2H6/c1-9-2-3-10(6-13(9)15)14(17)16-11-4-5-12(16)8-18-7-11;1-2/h2-3,6,11-12H,4-5,7-8H2,1H3;1-2H3. The van der Waals surface area contributed by atoms with E-state index in [2.05, 4.69) is 0 Å². The maximum Gasteiger partial charge on any atom is 0.254 e. The average Bonchev–Trinajstić information content (AvgIpc) is 2.72. The minimum absolute atomic E-state index is 0.0651. The summed E-state index contributed by atoms with van der Waals surface area (Å²) in [7, 11) is 0. The van der Waals surface area contributed by atoms with Crippen LogP contribution in [0.3, 0.4) is 0 Å². The van der Waals surface area contributed by atoms with E-state index in [9.17, 15) is 9.18 Å². The Morgan fingerprint density at radius 2 is 1.85 bits per heavy atom. The van der Waals surface area contributed by atoms with Crippen LogP contribution in [0.25, 0.3) is 0 Å². The molecule has 0 spiro atoms. The molecule has 4 heteroatoms. The smallest absolute Gasteiger partial charge is 0.254 e. The Balaban J connectivity index is 0.000000704. The predicted octanol–water partition coefficient (Wildman–Crippen LogP) is 3.16. The molecule has 0 N–H and O–H groups in total. The highest BCUT2D eigenvalue weighted by molar-refractivity contribution is 5.95. The molecule has 2 heterocycles. The van der Waals surface area contributed by atoms with Crippen LogP contribution in [0.1, 0.15) is 42.6 Å². The van der Waals surface area contributed by atoms with Gasteiger partial charge in [-0.15, -0.1) is 0 Å². The van der Waals surface area contributed by atoms with E-state index in [0.717, 1.165) is 12.8 Å². The van der Waals surface area contributed by atoms with Crippen LogP contribution in [0, 0.1) is 12.7 Å². The molecule has 1 aromatic carbocycles. The van der Waals surface area contributed by atoms with E-state index in [1.165, 1.54) is 6.07 Å². The van der Waals surface area contributed by atoms with Gasteiger partial charge in [-0.05, 0) is 37.5 Å². The highest BCUT2D eigenvalue weighted by Crippen LogP contribution is 2.30. The Hall–Kier alpha value is -1.42. The molecule has 0 aliphatic carbocycles. The Morgan fingerprint density at radius 3 is 2.40 bits per heavy atom. The van der Waals surface area contributed by atoms with Gasteiger partial charge in [0, 0.05) is 5.56 Å². The van der Waals surface area contributed by atoms with Crippen molar-refractivity contribution in [2.24, 2.45) is 0 Å². The summed E-state index contributed by atoms with van der Waals surface area (Å²) in [6, 6.07) is 5.04. The number of carbonyl (C=O) groups excluding carboxylic acids is 1. The van der Waals surface area contributed by atoms with Crippen LogP contribution in [0.2, 0.25) is 0 Å². The first-order chi connectivity index (χ1) is 9.66. The molecule has 2 fully saturated rings. The molecular formula is C16H22FNO2. The molecule has 110 valence electrons. The molecule has 20 heavy (non-hydrogen) atoms. The van der Waals surface area contributed by atoms with Crippen molar-refractivity contribution >= 4 is 5.91 Å². The second-order valence-electron chi connectivity index (χ2n) is 5.10. The van der Waals surface area contributed by atoms with Gasteiger partial charge < -0.3 is 9.64 Å². The zero-order chi connectivity index (χ0) is 14.7. The number of carbonyl (C=O) groups is 1. The van der Waals surface area contributed by atoms with Crippen LogP contribution >= 0.6 is 0 Å². The predicted molar refractivity (Wildman–Crippen MR) is 76.3 cm³/mol. The van der Waals surface area contributed by atoms with Gasteiger partial charge in [-0.1, -0.05) is 19.9 Å². The van der Waals surface area contributed by atoms with Crippen LogP contribution < -0.4 is 0 Å². The van der Waals surface area contributed by atoms with Gasteiger partial charge in [0.2, 0.25) is 0 Å². The summed E-state index contributed by atoms with van der Waals surface area (Å²) in [5, 5.41) is 0. The molecule has 2 aliphatic rings. The lowest BCUT2D eigenvalue weighted by Crippen LogP contribution is -2.49. The summed E-state index contributed by atoms with van der Waals surface area (Å²) >= 11 is 0. The largest absolute Gasteiger partial charge is 0.377 e. The molecule has 2 atom stereocenters. The Labute approximate surface area is 119 Å². The third-order valence-corrected chi connectivity index (χ3v) is 3.89. The van der Waals surface area contributed by atoms with Crippen molar-refractivity contribution in [2.45, 2.75) is 45.7 Å². The number of nitrogens with zero attached hydrogens (tertiary/aromatic N) is 1. The number of ether oxygens (including phenoxy) is 1. The zero-order valence-electron chi connectivity index (χ0n) is 12.4. The maximum absolute atomic E-state index is 13.5. The van der Waals surface area contributed by atoms with Crippen molar-refractivity contribution in [3.8, 4) is 0 Å². The number of rotatable bonds is 1. The first-order valence-electron chi connectivity index (χ1n) is 7.33. The Kier molecular flexibility index (Phi) is 4.76. The van der Waals surface area contributed by atoms with Crippen molar-refractivity contribution in [3.05, 3.63) is 35.1 Å². The molecule has 3 rings (SSSR count). The van der Waals surface area contributed by atoms with Crippen LogP contribution in [-0.2, 0) is 4.74 Å². The summed E-state index contributed by atoms with van der Waals surface area (Å²) in [5.41, 5.74) is 1.01. The zero-order valence-corrected chi connectivity index (χ0v) is 12.4. The summed E-state index contributed by atoms with van der Waals surface area (Å²) < 4.78 is 19.0.